The van der Waals surface area contributed by atoms with E-state index in [0.29, 0.717) is 6.61 Å². The average molecular weight is 322 g/mol. The van der Waals surface area contributed by atoms with Crippen LogP contribution in [0, 0.1) is 0 Å². The van der Waals surface area contributed by atoms with Crippen LogP contribution >= 0.6 is 0 Å². The molecule has 0 saturated carbocycles. The van der Waals surface area contributed by atoms with Crippen LogP contribution in [0.2, 0.25) is 0 Å². The van der Waals surface area contributed by atoms with Crippen molar-refractivity contribution in [2.75, 3.05) is 13.2 Å². The molecule has 1 aliphatic heterocycles. The highest BCUT2D eigenvalue weighted by Crippen LogP contribution is 2.20. The molecule has 0 aliphatic carbocycles. The lowest BCUT2D eigenvalue weighted by molar-refractivity contribution is -0.210. The molecular formula is C14H30O6Si. The Morgan fingerprint density at radius 1 is 0.952 bits per heavy atom. The molecule has 1 rings (SSSR count). The van der Waals surface area contributed by atoms with Crippen LogP contribution in [0.25, 0.3) is 0 Å². The molecule has 1 saturated heterocycles. The van der Waals surface area contributed by atoms with Crippen LogP contribution in [0.1, 0.15) is 45.4 Å². The Morgan fingerprint density at radius 2 is 1.62 bits per heavy atom. The van der Waals surface area contributed by atoms with Gasteiger partial charge in [0.2, 0.25) is 0 Å². The molecule has 0 bridgehead atoms. The molecule has 5 atom stereocenters. The van der Waals surface area contributed by atoms with Gasteiger partial charge in [-0.15, -0.1) is 0 Å². The van der Waals surface area contributed by atoms with Gasteiger partial charge in [0.1, 0.15) is 24.4 Å². The second-order valence-electron chi connectivity index (χ2n) is 5.71. The van der Waals surface area contributed by atoms with Crippen molar-refractivity contribution in [3.63, 3.8) is 0 Å². The molecule has 126 valence electrons. The van der Waals surface area contributed by atoms with Crippen LogP contribution in [-0.4, -0.2) is 73.5 Å². The molecule has 7 heteroatoms. The van der Waals surface area contributed by atoms with E-state index in [1.54, 1.807) is 0 Å². The van der Waals surface area contributed by atoms with Gasteiger partial charge >= 0.3 is 0 Å². The summed E-state index contributed by atoms with van der Waals surface area (Å²) in [5, 5.41) is 38.3. The quantitative estimate of drug-likeness (QED) is 0.312. The van der Waals surface area contributed by atoms with E-state index in [9.17, 15) is 15.3 Å². The van der Waals surface area contributed by atoms with Crippen molar-refractivity contribution < 1.29 is 29.6 Å². The first-order valence-electron chi connectivity index (χ1n) is 8.00. The minimum Gasteiger partial charge on any atom is -0.421 e. The van der Waals surface area contributed by atoms with Crippen LogP contribution in [0.4, 0.5) is 0 Å². The molecule has 5 unspecified atom stereocenters. The zero-order valence-electron chi connectivity index (χ0n) is 12.9. The van der Waals surface area contributed by atoms with Gasteiger partial charge in [0.15, 0.2) is 9.76 Å². The van der Waals surface area contributed by atoms with Crippen molar-refractivity contribution in [3.05, 3.63) is 0 Å². The van der Waals surface area contributed by atoms with Crippen molar-refractivity contribution in [3.8, 4) is 0 Å². The van der Waals surface area contributed by atoms with Crippen molar-refractivity contribution >= 4 is 9.76 Å². The first-order valence-corrected chi connectivity index (χ1v) is 9.39. The maximum absolute atomic E-state index is 9.86. The predicted molar refractivity (Wildman–Crippen MR) is 81.6 cm³/mol. The Bertz CT molecular complexity index is 266. The summed E-state index contributed by atoms with van der Waals surface area (Å²) in [6, 6.07) is 0. The van der Waals surface area contributed by atoms with Gasteiger partial charge in [0, 0.05) is 6.61 Å². The van der Waals surface area contributed by atoms with E-state index in [1.807, 2.05) is 0 Å². The molecular weight excluding hydrogens is 292 g/mol. The topological polar surface area (TPSA) is 99.4 Å². The van der Waals surface area contributed by atoms with E-state index in [2.05, 4.69) is 6.92 Å². The normalized spacial score (nSPS) is 33.9. The maximum atomic E-state index is 9.86. The summed E-state index contributed by atoms with van der Waals surface area (Å²) in [6.07, 6.45) is 2.61. The summed E-state index contributed by atoms with van der Waals surface area (Å²) < 4.78 is 11.0. The predicted octanol–water partition coefficient (Wildman–Crippen LogP) is -0.753. The molecule has 0 radical (unpaired) electrons. The van der Waals surface area contributed by atoms with E-state index in [1.165, 1.54) is 25.7 Å². The summed E-state index contributed by atoms with van der Waals surface area (Å²) in [5.41, 5.74) is -0.583. The van der Waals surface area contributed by atoms with Crippen molar-refractivity contribution in [2.24, 2.45) is 0 Å². The number of aliphatic hydroxyl groups excluding tert-OH is 4. The van der Waals surface area contributed by atoms with Gasteiger partial charge in [-0.25, -0.2) is 0 Å². The third-order valence-corrected chi connectivity index (χ3v) is 5.44. The number of hydrogen-bond donors (Lipinski definition) is 4. The monoisotopic (exact) mass is 322 g/mol. The highest BCUT2D eigenvalue weighted by atomic mass is 28.2. The van der Waals surface area contributed by atoms with Crippen LogP contribution in [-0.2, 0) is 9.16 Å². The second kappa shape index (κ2) is 10.7. The lowest BCUT2D eigenvalue weighted by atomic mass is 10.0. The lowest BCUT2D eigenvalue weighted by Gasteiger charge is -2.39. The first kappa shape index (κ1) is 19.0. The Balaban J connectivity index is 2.16. The zero-order valence-corrected chi connectivity index (χ0v) is 14.3. The van der Waals surface area contributed by atoms with Crippen LogP contribution in [0.3, 0.4) is 0 Å². The van der Waals surface area contributed by atoms with E-state index >= 15 is 0 Å². The zero-order chi connectivity index (χ0) is 15.7. The van der Waals surface area contributed by atoms with E-state index in [4.69, 9.17) is 14.3 Å². The van der Waals surface area contributed by atoms with E-state index < -0.39 is 39.9 Å². The minimum absolute atomic E-state index is 0.382. The highest BCUT2D eigenvalue weighted by Gasteiger charge is 2.43. The van der Waals surface area contributed by atoms with Gasteiger partial charge in [0.05, 0.1) is 12.3 Å². The van der Waals surface area contributed by atoms with Crippen molar-refractivity contribution in [1.29, 1.82) is 0 Å². The fraction of sp³-hybridized carbons (Fsp3) is 1.00. The van der Waals surface area contributed by atoms with Gasteiger partial charge < -0.3 is 29.6 Å². The lowest BCUT2D eigenvalue weighted by Crippen LogP contribution is -2.60. The molecule has 1 fully saturated rings. The number of ether oxygens (including phenoxy) is 1. The molecule has 1 aliphatic rings. The van der Waals surface area contributed by atoms with Crippen molar-refractivity contribution in [2.45, 2.75) is 75.6 Å². The van der Waals surface area contributed by atoms with Gasteiger partial charge in [-0.1, -0.05) is 39.0 Å². The largest absolute Gasteiger partial charge is 0.421 e. The summed E-state index contributed by atoms with van der Waals surface area (Å²) in [7, 11) is -1.18. The molecule has 0 aromatic rings. The van der Waals surface area contributed by atoms with Crippen molar-refractivity contribution in [1.82, 2.24) is 0 Å². The summed E-state index contributed by atoms with van der Waals surface area (Å²) in [6.45, 7) is 2.45. The van der Waals surface area contributed by atoms with Gasteiger partial charge in [-0.3, -0.25) is 0 Å². The average Bonchev–Trinajstić information content (AvgIpc) is 2.49. The van der Waals surface area contributed by atoms with Gasteiger partial charge in [-0.05, 0) is 6.42 Å². The molecule has 6 nitrogen and oxygen atoms in total. The summed E-state index contributed by atoms with van der Waals surface area (Å²) in [5.74, 6) is 0. The van der Waals surface area contributed by atoms with Crippen LogP contribution in [0.15, 0.2) is 0 Å². The van der Waals surface area contributed by atoms with Crippen LogP contribution < -0.4 is 0 Å². The Hall–Kier alpha value is -0.0231. The first-order chi connectivity index (χ1) is 10.1. The molecule has 0 aromatic heterocycles. The number of hydrogen-bond acceptors (Lipinski definition) is 6. The second-order valence-corrected chi connectivity index (χ2v) is 7.26. The number of rotatable bonds is 10. The molecule has 0 amide bonds. The Morgan fingerprint density at radius 3 is 2.29 bits per heavy atom. The Labute approximate surface area is 129 Å². The third-order valence-electron chi connectivity index (χ3n) is 3.92. The molecule has 0 spiro atoms. The number of unbranched alkanes of at least 4 members (excludes halogenated alkanes) is 5. The fourth-order valence-corrected chi connectivity index (χ4v) is 3.91. The standard InChI is InChI=1S/C14H30O6Si/c1-2-3-4-5-6-7-8-19-21-14-13(18)12(17)11(16)10(9-15)20-14/h10-18H,2-9,21H2,1H3. The molecule has 1 heterocycles. The third kappa shape index (κ3) is 6.31. The van der Waals surface area contributed by atoms with Crippen LogP contribution in [0.5, 0.6) is 0 Å². The molecule has 21 heavy (non-hydrogen) atoms. The Kier molecular flexibility index (Phi) is 9.66. The highest BCUT2D eigenvalue weighted by molar-refractivity contribution is 6.29. The van der Waals surface area contributed by atoms with E-state index in [0.717, 1.165) is 12.8 Å². The molecule has 0 aromatic carbocycles. The molecule has 4 N–H and O–H groups in total. The maximum Gasteiger partial charge on any atom is 0.193 e. The summed E-state index contributed by atoms with van der Waals surface area (Å²) >= 11 is 0. The smallest absolute Gasteiger partial charge is 0.193 e. The SMILES string of the molecule is CCCCCCCCO[SiH2]C1OC(CO)C(O)C(O)C1O. The number of aliphatic hydroxyl groups is 4. The fourth-order valence-electron chi connectivity index (χ4n) is 2.50. The minimum atomic E-state index is -1.29. The van der Waals surface area contributed by atoms with Gasteiger partial charge in [-0.2, -0.15) is 0 Å². The van der Waals surface area contributed by atoms with Gasteiger partial charge in [0.25, 0.3) is 0 Å². The summed E-state index contributed by atoms with van der Waals surface area (Å²) in [4.78, 5) is 0. The van der Waals surface area contributed by atoms with E-state index in [-0.39, 0.29) is 6.61 Å².